The molecule has 102 valence electrons. The van der Waals surface area contributed by atoms with Crippen LogP contribution in [0.2, 0.25) is 0 Å². The Morgan fingerprint density at radius 2 is 2.37 bits per heavy atom. The van der Waals surface area contributed by atoms with E-state index in [0.29, 0.717) is 6.54 Å². The summed E-state index contributed by atoms with van der Waals surface area (Å²) in [6.07, 6.45) is -0.616. The quantitative estimate of drug-likeness (QED) is 0.581. The van der Waals surface area contributed by atoms with Gasteiger partial charge in [-0.3, -0.25) is 4.79 Å². The molecule has 0 fully saturated rings. The van der Waals surface area contributed by atoms with Crippen LogP contribution in [-0.4, -0.2) is 35.9 Å². The summed E-state index contributed by atoms with van der Waals surface area (Å²) in [6, 6.07) is 0. The van der Waals surface area contributed by atoms with Gasteiger partial charge in [-0.25, -0.2) is 0 Å². The second-order valence-electron chi connectivity index (χ2n) is 4.02. The van der Waals surface area contributed by atoms with Crippen molar-refractivity contribution in [3.8, 4) is 11.8 Å². The lowest BCUT2D eigenvalue weighted by atomic mass is 10.1. The first-order chi connectivity index (χ1) is 8.84. The number of rotatable bonds is 3. The molecule has 1 amide bonds. The first-order valence-electron chi connectivity index (χ1n) is 5.57. The molecule has 0 aromatic heterocycles. The Morgan fingerprint density at radius 3 is 2.95 bits per heavy atom. The lowest BCUT2D eigenvalue weighted by Crippen LogP contribution is -2.35. The van der Waals surface area contributed by atoms with Crippen LogP contribution < -0.4 is 0 Å². The van der Waals surface area contributed by atoms with Crippen LogP contribution in [0.1, 0.15) is 6.92 Å². The Hall–Kier alpha value is -2.03. The summed E-state index contributed by atoms with van der Waals surface area (Å²) in [4.78, 5) is 15.5. The van der Waals surface area contributed by atoms with Crippen LogP contribution in [0.4, 0.5) is 13.2 Å². The zero-order valence-corrected chi connectivity index (χ0v) is 10.4. The molecule has 0 radical (unpaired) electrons. The Balaban J connectivity index is 2.97. The lowest BCUT2D eigenvalue weighted by Gasteiger charge is -2.23. The fraction of sp³-hybridized carbons (Fsp3) is 0.385. The molecule has 1 atom stereocenters. The van der Waals surface area contributed by atoms with E-state index in [9.17, 15) is 18.0 Å². The number of allylic oxidation sites excluding steroid dienone is 1. The molecule has 6 heteroatoms. The molecule has 0 aliphatic carbocycles. The molecule has 19 heavy (non-hydrogen) atoms. The van der Waals surface area contributed by atoms with Crippen molar-refractivity contribution in [3.63, 3.8) is 0 Å². The molecular formula is C13H13F3N2O. The normalized spacial score (nSPS) is 18.5. The molecule has 0 N–H and O–H groups in total. The maximum absolute atomic E-state index is 12.2. The number of halogens is 3. The van der Waals surface area contributed by atoms with E-state index in [1.807, 2.05) is 6.92 Å². The van der Waals surface area contributed by atoms with Crippen molar-refractivity contribution < 1.29 is 18.0 Å². The number of nitrogens with zero attached hydrogens (tertiary/aromatic N) is 2. The molecular weight excluding hydrogens is 257 g/mol. The highest BCUT2D eigenvalue weighted by atomic mass is 19.4. The zero-order chi connectivity index (χ0) is 14.5. The van der Waals surface area contributed by atoms with Crippen LogP contribution in [-0.2, 0) is 4.79 Å². The Bertz CT molecular complexity index is 480. The van der Waals surface area contributed by atoms with Crippen molar-refractivity contribution in [2.75, 3.05) is 13.1 Å². The number of carbonyl (C=O) groups excluding carboxylic acids is 1. The third kappa shape index (κ3) is 4.62. The minimum Gasteiger partial charge on any atom is -0.345 e. The van der Waals surface area contributed by atoms with Gasteiger partial charge in [-0.15, -0.1) is 6.58 Å². The van der Waals surface area contributed by atoms with Crippen LogP contribution in [0, 0.1) is 17.8 Å². The average Bonchev–Trinajstić information content (AvgIpc) is 2.54. The number of amides is 1. The first-order valence-corrected chi connectivity index (χ1v) is 5.57. The second-order valence-corrected chi connectivity index (χ2v) is 4.02. The number of carbonyl (C=O) groups is 1. The predicted octanol–water partition coefficient (Wildman–Crippen LogP) is 2.17. The van der Waals surface area contributed by atoms with E-state index >= 15 is 0 Å². The first kappa shape index (κ1) is 15.0. The minimum atomic E-state index is -4.97. The van der Waals surface area contributed by atoms with Gasteiger partial charge in [0.15, 0.2) is 0 Å². The Labute approximate surface area is 109 Å². The molecule has 1 heterocycles. The van der Waals surface area contributed by atoms with E-state index < -0.39 is 12.1 Å². The number of alkyl halides is 3. The standard InChI is InChI=1S/C13H13F3N2O/c1-3-10(2)9-18-8-6-4-5-7-11(18)17-12(19)13(14,15)16/h3,5,7,10H,1,8-9H2,2H3. The van der Waals surface area contributed by atoms with E-state index in [2.05, 4.69) is 23.4 Å². The third-order valence-electron chi connectivity index (χ3n) is 2.38. The molecule has 0 aromatic rings. The molecule has 0 saturated carbocycles. The van der Waals surface area contributed by atoms with E-state index in [1.54, 1.807) is 6.08 Å². The summed E-state index contributed by atoms with van der Waals surface area (Å²) in [7, 11) is 0. The molecule has 1 aliphatic rings. The summed E-state index contributed by atoms with van der Waals surface area (Å²) in [5.41, 5.74) is 0. The van der Waals surface area contributed by atoms with Crippen molar-refractivity contribution in [2.45, 2.75) is 13.1 Å². The Morgan fingerprint density at radius 1 is 1.68 bits per heavy atom. The number of amidine groups is 1. The fourth-order valence-electron chi connectivity index (χ4n) is 1.36. The smallest absolute Gasteiger partial charge is 0.345 e. The lowest BCUT2D eigenvalue weighted by molar-refractivity contribution is -0.169. The molecule has 0 bridgehead atoms. The fourth-order valence-corrected chi connectivity index (χ4v) is 1.36. The van der Waals surface area contributed by atoms with Crippen LogP contribution in [0.3, 0.4) is 0 Å². The van der Waals surface area contributed by atoms with E-state index in [-0.39, 0.29) is 18.3 Å². The number of aliphatic imine (C=N–C) groups is 1. The second kappa shape index (κ2) is 6.23. The van der Waals surface area contributed by atoms with Crippen LogP contribution in [0.15, 0.2) is 29.8 Å². The minimum absolute atomic E-state index is 0.0412. The highest BCUT2D eigenvalue weighted by Crippen LogP contribution is 2.17. The molecule has 1 aliphatic heterocycles. The van der Waals surface area contributed by atoms with Crippen molar-refractivity contribution in [2.24, 2.45) is 10.9 Å². The summed E-state index contributed by atoms with van der Waals surface area (Å²) in [6.45, 7) is 6.08. The van der Waals surface area contributed by atoms with Gasteiger partial charge in [-0.2, -0.15) is 18.2 Å². The molecule has 0 saturated heterocycles. The molecule has 0 spiro atoms. The van der Waals surface area contributed by atoms with Gasteiger partial charge in [0, 0.05) is 6.54 Å². The van der Waals surface area contributed by atoms with Crippen molar-refractivity contribution in [1.29, 1.82) is 0 Å². The maximum Gasteiger partial charge on any atom is 0.473 e. The van der Waals surface area contributed by atoms with Gasteiger partial charge in [-0.1, -0.05) is 24.8 Å². The molecule has 0 aromatic carbocycles. The summed E-state index contributed by atoms with van der Waals surface area (Å²) >= 11 is 0. The largest absolute Gasteiger partial charge is 0.473 e. The highest BCUT2D eigenvalue weighted by molar-refractivity contribution is 6.03. The average molecular weight is 270 g/mol. The van der Waals surface area contributed by atoms with E-state index in [1.165, 1.54) is 17.1 Å². The van der Waals surface area contributed by atoms with Crippen LogP contribution >= 0.6 is 0 Å². The number of hydrogen-bond acceptors (Lipinski definition) is 1. The monoisotopic (exact) mass is 270 g/mol. The van der Waals surface area contributed by atoms with Crippen molar-refractivity contribution in [1.82, 2.24) is 4.90 Å². The zero-order valence-electron chi connectivity index (χ0n) is 10.4. The van der Waals surface area contributed by atoms with E-state index in [4.69, 9.17) is 0 Å². The summed E-state index contributed by atoms with van der Waals surface area (Å²) < 4.78 is 36.6. The topological polar surface area (TPSA) is 32.7 Å². The van der Waals surface area contributed by atoms with Gasteiger partial charge in [0.25, 0.3) is 0 Å². The van der Waals surface area contributed by atoms with Gasteiger partial charge in [0.1, 0.15) is 5.84 Å². The number of hydrogen-bond donors (Lipinski definition) is 0. The van der Waals surface area contributed by atoms with Crippen LogP contribution in [0.25, 0.3) is 0 Å². The maximum atomic E-state index is 12.2. The van der Waals surface area contributed by atoms with Gasteiger partial charge in [0.2, 0.25) is 0 Å². The molecule has 3 nitrogen and oxygen atoms in total. The Kier molecular flexibility index (Phi) is 4.93. The molecule has 1 unspecified atom stereocenters. The summed E-state index contributed by atoms with van der Waals surface area (Å²) in [5, 5.41) is 0. The molecule has 1 rings (SSSR count). The van der Waals surface area contributed by atoms with Gasteiger partial charge < -0.3 is 4.90 Å². The van der Waals surface area contributed by atoms with Gasteiger partial charge in [0.05, 0.1) is 6.54 Å². The SMILES string of the molecule is C=CC(C)CN1CC#CC=CC1=NC(=O)C(F)(F)F. The summed E-state index contributed by atoms with van der Waals surface area (Å²) in [5.74, 6) is 3.26. The van der Waals surface area contributed by atoms with Crippen molar-refractivity contribution >= 4 is 11.7 Å². The van der Waals surface area contributed by atoms with Gasteiger partial charge in [-0.05, 0) is 18.1 Å². The highest BCUT2D eigenvalue weighted by Gasteiger charge is 2.39. The van der Waals surface area contributed by atoms with E-state index in [0.717, 1.165) is 0 Å². The van der Waals surface area contributed by atoms with Gasteiger partial charge >= 0.3 is 12.1 Å². The third-order valence-corrected chi connectivity index (χ3v) is 2.38. The van der Waals surface area contributed by atoms with Crippen molar-refractivity contribution in [3.05, 3.63) is 24.8 Å². The van der Waals surface area contributed by atoms with Crippen LogP contribution in [0.5, 0.6) is 0 Å². The predicted molar refractivity (Wildman–Crippen MR) is 66.3 cm³/mol.